The smallest absolute Gasteiger partial charge is 0.259 e. The first-order chi connectivity index (χ1) is 9.69. The van der Waals surface area contributed by atoms with E-state index in [1.165, 1.54) is 31.3 Å². The molecule has 104 valence electrons. The number of hydrogen-bond donors (Lipinski definition) is 2. The van der Waals surface area contributed by atoms with Gasteiger partial charge in [-0.2, -0.15) is 0 Å². The monoisotopic (exact) mass is 289 g/mol. The number of thiazole rings is 1. The number of methoxy groups -OCH3 is 1. The number of aromatic nitrogens is 1. The van der Waals surface area contributed by atoms with Crippen molar-refractivity contribution in [2.75, 3.05) is 18.2 Å². The number of para-hydroxylation sites is 1. The fraction of sp³-hybridized carbons (Fsp3) is 0.286. The van der Waals surface area contributed by atoms with Crippen LogP contribution in [-0.4, -0.2) is 18.0 Å². The fourth-order valence-corrected chi connectivity index (χ4v) is 2.78. The van der Waals surface area contributed by atoms with E-state index < -0.39 is 0 Å². The van der Waals surface area contributed by atoms with Crippen LogP contribution >= 0.6 is 11.3 Å². The lowest BCUT2D eigenvalue weighted by atomic mass is 10.1. The number of hydrogen-bond acceptors (Lipinski definition) is 5. The second kappa shape index (κ2) is 5.13. The predicted molar refractivity (Wildman–Crippen MR) is 79.4 cm³/mol. The maximum absolute atomic E-state index is 12.2. The van der Waals surface area contributed by atoms with E-state index >= 15 is 0 Å². The Kier molecular flexibility index (Phi) is 3.31. The first kappa shape index (κ1) is 12.9. The molecule has 1 aliphatic rings. The number of nitrogens with two attached hydrogens (primary N) is 1. The molecule has 1 saturated carbocycles. The highest BCUT2D eigenvalue weighted by Gasteiger charge is 2.26. The van der Waals surface area contributed by atoms with Gasteiger partial charge in [0.15, 0.2) is 5.13 Å². The summed E-state index contributed by atoms with van der Waals surface area (Å²) < 4.78 is 5.11. The molecular weight excluding hydrogens is 274 g/mol. The summed E-state index contributed by atoms with van der Waals surface area (Å²) in [5, 5.41) is 5.40. The molecule has 2 aromatic rings. The average Bonchev–Trinajstić information content (AvgIpc) is 3.20. The predicted octanol–water partition coefficient (Wildman–Crippen LogP) is 2.86. The van der Waals surface area contributed by atoms with Crippen molar-refractivity contribution >= 4 is 28.1 Å². The third-order valence-electron chi connectivity index (χ3n) is 3.27. The number of nitrogen functional groups attached to an aromatic ring is 1. The fourth-order valence-electron chi connectivity index (χ4n) is 1.99. The standard InChI is InChI=1S/C14H15N3O2S/c1-19-11-4-2-3-9(12(11)15)13(18)17-14-16-10(7-20-14)8-5-6-8/h2-4,7-8H,5-6,15H2,1H3,(H,16,17,18). The molecule has 20 heavy (non-hydrogen) atoms. The summed E-state index contributed by atoms with van der Waals surface area (Å²) in [7, 11) is 1.52. The lowest BCUT2D eigenvalue weighted by molar-refractivity contribution is 0.102. The van der Waals surface area contributed by atoms with Gasteiger partial charge in [-0.3, -0.25) is 10.1 Å². The highest BCUT2D eigenvalue weighted by molar-refractivity contribution is 7.14. The average molecular weight is 289 g/mol. The van der Waals surface area contributed by atoms with Gasteiger partial charge in [0.05, 0.1) is 24.1 Å². The molecule has 0 atom stereocenters. The van der Waals surface area contributed by atoms with Crippen LogP contribution in [0.4, 0.5) is 10.8 Å². The molecule has 1 aromatic carbocycles. The van der Waals surface area contributed by atoms with Crippen LogP contribution in [-0.2, 0) is 0 Å². The van der Waals surface area contributed by atoms with Crippen molar-refractivity contribution in [1.29, 1.82) is 0 Å². The van der Waals surface area contributed by atoms with E-state index in [1.54, 1.807) is 18.2 Å². The zero-order chi connectivity index (χ0) is 14.1. The van der Waals surface area contributed by atoms with Gasteiger partial charge in [-0.25, -0.2) is 4.98 Å². The quantitative estimate of drug-likeness (QED) is 0.848. The third kappa shape index (κ3) is 2.46. The minimum atomic E-state index is -0.266. The van der Waals surface area contributed by atoms with Crippen LogP contribution in [0.2, 0.25) is 0 Å². The van der Waals surface area contributed by atoms with E-state index in [9.17, 15) is 4.79 Å². The normalized spacial score (nSPS) is 14.1. The van der Waals surface area contributed by atoms with E-state index in [2.05, 4.69) is 10.3 Å². The summed E-state index contributed by atoms with van der Waals surface area (Å²) in [6.45, 7) is 0. The Balaban J connectivity index is 1.78. The molecule has 1 aliphatic carbocycles. The van der Waals surface area contributed by atoms with Crippen LogP contribution in [0, 0.1) is 0 Å². The zero-order valence-corrected chi connectivity index (χ0v) is 11.9. The van der Waals surface area contributed by atoms with Crippen LogP contribution in [0.5, 0.6) is 5.75 Å². The van der Waals surface area contributed by atoms with Crippen molar-refractivity contribution in [3.63, 3.8) is 0 Å². The summed E-state index contributed by atoms with van der Waals surface area (Å²) in [5.41, 5.74) is 7.72. The van der Waals surface area contributed by atoms with Crippen molar-refractivity contribution in [2.24, 2.45) is 0 Å². The SMILES string of the molecule is COc1cccc(C(=O)Nc2nc(C3CC3)cs2)c1N. The number of ether oxygens (including phenoxy) is 1. The molecule has 0 saturated heterocycles. The van der Waals surface area contributed by atoms with Gasteiger partial charge in [0.25, 0.3) is 5.91 Å². The van der Waals surface area contributed by atoms with Gasteiger partial charge in [-0.15, -0.1) is 11.3 Å². The summed E-state index contributed by atoms with van der Waals surface area (Å²) in [5.74, 6) is 0.812. The van der Waals surface area contributed by atoms with Gasteiger partial charge < -0.3 is 10.5 Å². The maximum Gasteiger partial charge on any atom is 0.259 e. The molecule has 0 radical (unpaired) electrons. The van der Waals surface area contributed by atoms with E-state index in [0.717, 1.165) is 5.69 Å². The number of amides is 1. The Morgan fingerprint density at radius 2 is 2.30 bits per heavy atom. The minimum absolute atomic E-state index is 0.266. The topological polar surface area (TPSA) is 77.2 Å². The molecule has 1 aromatic heterocycles. The molecule has 1 amide bonds. The highest BCUT2D eigenvalue weighted by atomic mass is 32.1. The molecule has 0 aliphatic heterocycles. The van der Waals surface area contributed by atoms with Crippen molar-refractivity contribution in [1.82, 2.24) is 4.98 Å². The van der Waals surface area contributed by atoms with Crippen molar-refractivity contribution in [2.45, 2.75) is 18.8 Å². The van der Waals surface area contributed by atoms with Crippen LogP contribution < -0.4 is 15.8 Å². The van der Waals surface area contributed by atoms with Gasteiger partial charge in [0, 0.05) is 11.3 Å². The molecule has 1 fully saturated rings. The Labute approximate surface area is 120 Å². The van der Waals surface area contributed by atoms with E-state index in [4.69, 9.17) is 10.5 Å². The molecule has 0 bridgehead atoms. The lowest BCUT2D eigenvalue weighted by Gasteiger charge is -2.09. The van der Waals surface area contributed by atoms with Gasteiger partial charge >= 0.3 is 0 Å². The Hall–Kier alpha value is -2.08. The van der Waals surface area contributed by atoms with Crippen molar-refractivity contribution < 1.29 is 9.53 Å². The first-order valence-corrected chi connectivity index (χ1v) is 7.26. The van der Waals surface area contributed by atoms with Gasteiger partial charge in [-0.1, -0.05) is 6.07 Å². The number of nitrogens with one attached hydrogen (secondary N) is 1. The van der Waals surface area contributed by atoms with Crippen LogP contribution in [0.15, 0.2) is 23.6 Å². The number of rotatable bonds is 4. The number of nitrogens with zero attached hydrogens (tertiary/aromatic N) is 1. The number of carbonyl (C=O) groups is 1. The second-order valence-electron chi connectivity index (χ2n) is 4.73. The molecular formula is C14H15N3O2S. The third-order valence-corrected chi connectivity index (χ3v) is 4.04. The summed E-state index contributed by atoms with van der Waals surface area (Å²) in [6.07, 6.45) is 2.39. The number of carbonyl (C=O) groups excluding carboxylic acids is 1. The molecule has 0 spiro atoms. The zero-order valence-electron chi connectivity index (χ0n) is 11.1. The molecule has 0 unspecified atom stereocenters. The van der Waals surface area contributed by atoms with Crippen molar-refractivity contribution in [3.8, 4) is 5.75 Å². The summed E-state index contributed by atoms with van der Waals surface area (Å²) in [4.78, 5) is 16.6. The molecule has 1 heterocycles. The Morgan fingerprint density at radius 3 is 3.00 bits per heavy atom. The molecule has 3 rings (SSSR count). The van der Waals surface area contributed by atoms with Crippen molar-refractivity contribution in [3.05, 3.63) is 34.8 Å². The van der Waals surface area contributed by atoms with Gasteiger partial charge in [0.2, 0.25) is 0 Å². The Bertz CT molecular complexity index is 650. The van der Waals surface area contributed by atoms with Crippen LogP contribution in [0.25, 0.3) is 0 Å². The van der Waals surface area contributed by atoms with Gasteiger partial charge in [0.1, 0.15) is 5.75 Å². The Morgan fingerprint density at radius 1 is 1.50 bits per heavy atom. The number of anilines is 2. The lowest BCUT2D eigenvalue weighted by Crippen LogP contribution is -2.14. The summed E-state index contributed by atoms with van der Waals surface area (Å²) in [6, 6.07) is 5.13. The van der Waals surface area contributed by atoms with Crippen LogP contribution in [0.3, 0.4) is 0 Å². The molecule has 6 heteroatoms. The summed E-state index contributed by atoms with van der Waals surface area (Å²) >= 11 is 1.44. The molecule has 5 nitrogen and oxygen atoms in total. The molecule has 3 N–H and O–H groups in total. The van der Waals surface area contributed by atoms with E-state index in [0.29, 0.717) is 28.0 Å². The van der Waals surface area contributed by atoms with E-state index in [1.807, 2.05) is 5.38 Å². The van der Waals surface area contributed by atoms with Crippen LogP contribution in [0.1, 0.15) is 34.8 Å². The maximum atomic E-state index is 12.2. The first-order valence-electron chi connectivity index (χ1n) is 6.38. The van der Waals surface area contributed by atoms with E-state index in [-0.39, 0.29) is 5.91 Å². The highest BCUT2D eigenvalue weighted by Crippen LogP contribution is 2.41. The minimum Gasteiger partial charge on any atom is -0.495 e. The largest absolute Gasteiger partial charge is 0.495 e. The second-order valence-corrected chi connectivity index (χ2v) is 5.59. The van der Waals surface area contributed by atoms with Gasteiger partial charge in [-0.05, 0) is 25.0 Å². The number of benzene rings is 1.